The van der Waals surface area contributed by atoms with Gasteiger partial charge in [-0.1, -0.05) is 45.0 Å². The summed E-state index contributed by atoms with van der Waals surface area (Å²) < 4.78 is 5.26. The Kier molecular flexibility index (Phi) is 7.96. The molecule has 0 radical (unpaired) electrons. The standard InChI is InChI=1S/C18H31N3O/c1-5-22-14-6-12-20-17(19)21-13-11-15-7-9-16(10-8-15)18(2,3)4/h7-10H,5-6,11-14H2,1-4H3,(H3,19,20,21). The number of nitrogens with zero attached hydrogens (tertiary/aromatic N) is 1. The minimum absolute atomic E-state index is 0.204. The van der Waals surface area contributed by atoms with Crippen LogP contribution in [-0.4, -0.2) is 32.3 Å². The van der Waals surface area contributed by atoms with Crippen LogP contribution in [0.2, 0.25) is 0 Å². The second kappa shape index (κ2) is 9.46. The lowest BCUT2D eigenvalue weighted by atomic mass is 9.86. The molecule has 22 heavy (non-hydrogen) atoms. The third-order valence-corrected chi connectivity index (χ3v) is 3.47. The Morgan fingerprint density at radius 2 is 1.91 bits per heavy atom. The van der Waals surface area contributed by atoms with Crippen molar-refractivity contribution < 1.29 is 4.74 Å². The van der Waals surface area contributed by atoms with Gasteiger partial charge in [-0.3, -0.25) is 4.99 Å². The van der Waals surface area contributed by atoms with Crippen molar-refractivity contribution in [3.05, 3.63) is 35.4 Å². The van der Waals surface area contributed by atoms with Gasteiger partial charge in [0.05, 0.1) is 0 Å². The third kappa shape index (κ3) is 7.46. The normalized spacial score (nSPS) is 12.5. The topological polar surface area (TPSA) is 59.6 Å². The second-order valence-corrected chi connectivity index (χ2v) is 6.44. The number of rotatable bonds is 8. The lowest BCUT2D eigenvalue weighted by Gasteiger charge is -2.19. The van der Waals surface area contributed by atoms with E-state index in [9.17, 15) is 0 Å². The van der Waals surface area contributed by atoms with Crippen LogP contribution in [0.25, 0.3) is 0 Å². The summed E-state index contributed by atoms with van der Waals surface area (Å²) in [5.74, 6) is 0.516. The van der Waals surface area contributed by atoms with E-state index in [-0.39, 0.29) is 5.41 Å². The van der Waals surface area contributed by atoms with Gasteiger partial charge in [-0.2, -0.15) is 0 Å². The smallest absolute Gasteiger partial charge is 0.188 e. The molecule has 124 valence electrons. The molecule has 4 heteroatoms. The molecule has 0 saturated heterocycles. The summed E-state index contributed by atoms with van der Waals surface area (Å²) in [7, 11) is 0. The van der Waals surface area contributed by atoms with E-state index in [4.69, 9.17) is 10.5 Å². The SMILES string of the molecule is CCOCCCN=C(N)NCCc1ccc(C(C)(C)C)cc1. The van der Waals surface area contributed by atoms with Crippen molar-refractivity contribution in [1.29, 1.82) is 0 Å². The molecule has 1 aromatic rings. The number of guanidine groups is 1. The van der Waals surface area contributed by atoms with E-state index in [1.807, 2.05) is 6.92 Å². The van der Waals surface area contributed by atoms with Gasteiger partial charge in [0.1, 0.15) is 0 Å². The molecule has 1 aromatic carbocycles. The molecule has 0 fully saturated rings. The number of benzene rings is 1. The maximum Gasteiger partial charge on any atom is 0.188 e. The lowest BCUT2D eigenvalue weighted by Crippen LogP contribution is -2.33. The van der Waals surface area contributed by atoms with Crippen molar-refractivity contribution in [2.75, 3.05) is 26.3 Å². The van der Waals surface area contributed by atoms with E-state index in [0.717, 1.165) is 32.6 Å². The molecule has 0 unspecified atom stereocenters. The molecule has 0 bridgehead atoms. The van der Waals surface area contributed by atoms with E-state index in [2.05, 4.69) is 55.3 Å². The maximum absolute atomic E-state index is 5.83. The summed E-state index contributed by atoms with van der Waals surface area (Å²) in [4.78, 5) is 4.28. The summed E-state index contributed by atoms with van der Waals surface area (Å²) >= 11 is 0. The van der Waals surface area contributed by atoms with Gasteiger partial charge in [0.2, 0.25) is 0 Å². The molecule has 0 heterocycles. The molecule has 0 aliphatic carbocycles. The van der Waals surface area contributed by atoms with Crippen molar-refractivity contribution in [3.63, 3.8) is 0 Å². The summed E-state index contributed by atoms with van der Waals surface area (Å²) in [6.45, 7) is 11.7. The highest BCUT2D eigenvalue weighted by molar-refractivity contribution is 5.77. The van der Waals surface area contributed by atoms with Gasteiger partial charge in [-0.05, 0) is 36.3 Å². The van der Waals surface area contributed by atoms with Crippen LogP contribution in [-0.2, 0) is 16.6 Å². The first-order chi connectivity index (χ1) is 10.4. The molecule has 0 saturated carbocycles. The molecule has 0 spiro atoms. The molecule has 0 amide bonds. The first kappa shape index (κ1) is 18.5. The summed E-state index contributed by atoms with van der Waals surface area (Å²) in [5.41, 5.74) is 8.71. The van der Waals surface area contributed by atoms with E-state index in [1.165, 1.54) is 11.1 Å². The second-order valence-electron chi connectivity index (χ2n) is 6.44. The number of aliphatic imine (C=N–C) groups is 1. The number of nitrogens with one attached hydrogen (secondary N) is 1. The Bertz CT molecular complexity index is 446. The van der Waals surface area contributed by atoms with E-state index in [0.29, 0.717) is 12.5 Å². The van der Waals surface area contributed by atoms with Crippen molar-refractivity contribution in [2.45, 2.75) is 46.0 Å². The van der Waals surface area contributed by atoms with Gasteiger partial charge in [0, 0.05) is 26.3 Å². The van der Waals surface area contributed by atoms with Crippen molar-refractivity contribution in [1.82, 2.24) is 5.32 Å². The summed E-state index contributed by atoms with van der Waals surface area (Å²) in [6.07, 6.45) is 1.85. The first-order valence-corrected chi connectivity index (χ1v) is 8.14. The van der Waals surface area contributed by atoms with Crippen LogP contribution >= 0.6 is 0 Å². The number of hydrogen-bond acceptors (Lipinski definition) is 2. The molecule has 0 aromatic heterocycles. The highest BCUT2D eigenvalue weighted by atomic mass is 16.5. The van der Waals surface area contributed by atoms with Crippen molar-refractivity contribution in [3.8, 4) is 0 Å². The quantitative estimate of drug-likeness (QED) is 0.441. The molecule has 0 atom stereocenters. The molecule has 1 rings (SSSR count). The molecular weight excluding hydrogens is 274 g/mol. The van der Waals surface area contributed by atoms with E-state index < -0.39 is 0 Å². The van der Waals surface area contributed by atoms with Gasteiger partial charge in [-0.25, -0.2) is 0 Å². The van der Waals surface area contributed by atoms with Gasteiger partial charge in [-0.15, -0.1) is 0 Å². The Morgan fingerprint density at radius 1 is 1.23 bits per heavy atom. The number of nitrogens with two attached hydrogens (primary N) is 1. The average molecular weight is 305 g/mol. The Labute approximate surface area is 135 Å². The zero-order chi connectivity index (χ0) is 16.4. The first-order valence-electron chi connectivity index (χ1n) is 8.14. The predicted molar refractivity (Wildman–Crippen MR) is 94.4 cm³/mol. The predicted octanol–water partition coefficient (Wildman–Crippen LogP) is 2.86. The van der Waals surface area contributed by atoms with Crippen LogP contribution in [0.15, 0.2) is 29.3 Å². The largest absolute Gasteiger partial charge is 0.382 e. The molecule has 0 aliphatic rings. The van der Waals surface area contributed by atoms with Gasteiger partial charge < -0.3 is 15.8 Å². The average Bonchev–Trinajstić information content (AvgIpc) is 2.46. The van der Waals surface area contributed by atoms with Crippen LogP contribution in [0.4, 0.5) is 0 Å². The number of hydrogen-bond donors (Lipinski definition) is 2. The van der Waals surface area contributed by atoms with E-state index >= 15 is 0 Å². The van der Waals surface area contributed by atoms with Crippen LogP contribution in [0, 0.1) is 0 Å². The highest BCUT2D eigenvalue weighted by Crippen LogP contribution is 2.22. The van der Waals surface area contributed by atoms with E-state index in [1.54, 1.807) is 0 Å². The third-order valence-electron chi connectivity index (χ3n) is 3.47. The van der Waals surface area contributed by atoms with Crippen LogP contribution in [0.1, 0.15) is 45.2 Å². The minimum atomic E-state index is 0.204. The zero-order valence-corrected chi connectivity index (χ0v) is 14.5. The lowest BCUT2D eigenvalue weighted by molar-refractivity contribution is 0.146. The van der Waals surface area contributed by atoms with Gasteiger partial charge >= 0.3 is 0 Å². The summed E-state index contributed by atoms with van der Waals surface area (Å²) in [5, 5.41) is 3.15. The number of ether oxygens (including phenoxy) is 1. The molecule has 0 aliphatic heterocycles. The summed E-state index contributed by atoms with van der Waals surface area (Å²) in [6, 6.07) is 8.80. The van der Waals surface area contributed by atoms with Crippen molar-refractivity contribution in [2.24, 2.45) is 10.7 Å². The van der Waals surface area contributed by atoms with Crippen LogP contribution in [0.5, 0.6) is 0 Å². The van der Waals surface area contributed by atoms with Crippen molar-refractivity contribution >= 4 is 5.96 Å². The molecular formula is C18H31N3O. The Hall–Kier alpha value is -1.55. The fraction of sp³-hybridized carbons (Fsp3) is 0.611. The van der Waals surface area contributed by atoms with Gasteiger partial charge in [0.15, 0.2) is 5.96 Å². The van der Waals surface area contributed by atoms with Crippen LogP contribution < -0.4 is 11.1 Å². The monoisotopic (exact) mass is 305 g/mol. The maximum atomic E-state index is 5.83. The molecule has 4 nitrogen and oxygen atoms in total. The fourth-order valence-corrected chi connectivity index (χ4v) is 2.07. The zero-order valence-electron chi connectivity index (χ0n) is 14.5. The van der Waals surface area contributed by atoms with Crippen LogP contribution in [0.3, 0.4) is 0 Å². The Balaban J connectivity index is 2.27. The minimum Gasteiger partial charge on any atom is -0.382 e. The Morgan fingerprint density at radius 3 is 2.50 bits per heavy atom. The molecule has 3 N–H and O–H groups in total. The highest BCUT2D eigenvalue weighted by Gasteiger charge is 2.12. The fourth-order valence-electron chi connectivity index (χ4n) is 2.07. The van der Waals surface area contributed by atoms with Gasteiger partial charge in [0.25, 0.3) is 0 Å².